The van der Waals surface area contributed by atoms with Gasteiger partial charge in [0, 0.05) is 12.0 Å². The number of rotatable bonds is 2. The van der Waals surface area contributed by atoms with Gasteiger partial charge in [0.2, 0.25) is 0 Å². The molecule has 14 heavy (non-hydrogen) atoms. The summed E-state index contributed by atoms with van der Waals surface area (Å²) >= 11 is 0. The van der Waals surface area contributed by atoms with Crippen LogP contribution in [0.15, 0.2) is 12.1 Å². The number of phenolic OH excluding ortho intramolecular Hbond substituents is 1. The highest BCUT2D eigenvalue weighted by molar-refractivity contribution is 5.51. The van der Waals surface area contributed by atoms with Gasteiger partial charge in [-0.25, -0.2) is 0 Å². The van der Waals surface area contributed by atoms with E-state index in [2.05, 4.69) is 6.42 Å². The van der Waals surface area contributed by atoms with Gasteiger partial charge < -0.3 is 15.6 Å². The lowest BCUT2D eigenvalue weighted by atomic mass is 9.97. The Labute approximate surface area is 83.5 Å². The molecule has 3 heteroatoms. The van der Waals surface area contributed by atoms with Crippen LogP contribution < -0.4 is 10.5 Å². The van der Waals surface area contributed by atoms with Crippen LogP contribution in [0.1, 0.15) is 11.1 Å². The van der Waals surface area contributed by atoms with Crippen LogP contribution in [0.25, 0.3) is 0 Å². The van der Waals surface area contributed by atoms with Crippen molar-refractivity contribution in [2.45, 2.75) is 12.8 Å². The van der Waals surface area contributed by atoms with Crippen molar-refractivity contribution in [2.75, 3.05) is 13.2 Å². The molecule has 0 amide bonds. The van der Waals surface area contributed by atoms with E-state index in [4.69, 9.17) is 10.5 Å². The molecule has 75 valence electrons. The number of aromatic hydroxyl groups is 1. The summed E-state index contributed by atoms with van der Waals surface area (Å²) < 4.78 is 5.39. The van der Waals surface area contributed by atoms with Gasteiger partial charge in [0.25, 0.3) is 0 Å². The van der Waals surface area contributed by atoms with E-state index in [0.717, 1.165) is 18.4 Å². The van der Waals surface area contributed by atoms with Crippen molar-refractivity contribution < 1.29 is 9.84 Å². The first kappa shape index (κ1) is 9.34. The molecule has 0 unspecified atom stereocenters. The van der Waals surface area contributed by atoms with E-state index in [-0.39, 0.29) is 5.75 Å². The van der Waals surface area contributed by atoms with Gasteiger partial charge in [0.1, 0.15) is 0 Å². The molecule has 1 heterocycles. The molecule has 0 saturated carbocycles. The van der Waals surface area contributed by atoms with Crippen molar-refractivity contribution in [3.8, 4) is 11.5 Å². The monoisotopic (exact) mass is 192 g/mol. The third-order valence-corrected chi connectivity index (χ3v) is 2.44. The third kappa shape index (κ3) is 1.55. The Balaban J connectivity index is 2.42. The van der Waals surface area contributed by atoms with Crippen molar-refractivity contribution in [3.05, 3.63) is 29.7 Å². The van der Waals surface area contributed by atoms with E-state index in [0.29, 0.717) is 18.9 Å². The summed E-state index contributed by atoms with van der Waals surface area (Å²) in [6.45, 7) is 1.20. The molecule has 0 bridgehead atoms. The molecule has 0 aliphatic carbocycles. The van der Waals surface area contributed by atoms with Crippen LogP contribution in [0.5, 0.6) is 11.5 Å². The highest BCUT2D eigenvalue weighted by Crippen LogP contribution is 2.36. The summed E-state index contributed by atoms with van der Waals surface area (Å²) in [5, 5.41) is 9.58. The summed E-state index contributed by atoms with van der Waals surface area (Å²) in [5.74, 6) is 0.868. The molecule has 0 spiro atoms. The van der Waals surface area contributed by atoms with E-state index < -0.39 is 0 Å². The maximum Gasteiger partial charge on any atom is 0.164 e. The molecular formula is C11H14NO2. The Kier molecular flexibility index (Phi) is 2.59. The van der Waals surface area contributed by atoms with Crippen molar-refractivity contribution in [1.29, 1.82) is 0 Å². The topological polar surface area (TPSA) is 55.5 Å². The van der Waals surface area contributed by atoms with Crippen LogP contribution in [0.2, 0.25) is 0 Å². The second-order valence-corrected chi connectivity index (χ2v) is 3.39. The van der Waals surface area contributed by atoms with Crippen LogP contribution in [0.3, 0.4) is 0 Å². The normalized spacial score (nSPS) is 14.6. The highest BCUT2D eigenvalue weighted by atomic mass is 16.5. The van der Waals surface area contributed by atoms with Gasteiger partial charge in [-0.15, -0.1) is 0 Å². The number of fused-ring (bicyclic) bond motifs is 1. The zero-order chi connectivity index (χ0) is 9.97. The van der Waals surface area contributed by atoms with E-state index in [9.17, 15) is 5.11 Å². The fourth-order valence-electron chi connectivity index (χ4n) is 1.78. The molecule has 1 radical (unpaired) electrons. The Morgan fingerprint density at radius 1 is 1.43 bits per heavy atom. The second-order valence-electron chi connectivity index (χ2n) is 3.39. The molecule has 3 N–H and O–H groups in total. The summed E-state index contributed by atoms with van der Waals surface area (Å²) in [4.78, 5) is 0. The molecule has 1 aliphatic heterocycles. The number of hydrogen-bond donors (Lipinski definition) is 2. The van der Waals surface area contributed by atoms with Crippen LogP contribution in [-0.4, -0.2) is 18.3 Å². The van der Waals surface area contributed by atoms with Crippen molar-refractivity contribution in [3.63, 3.8) is 0 Å². The summed E-state index contributed by atoms with van der Waals surface area (Å²) in [6.07, 6.45) is 3.75. The fourth-order valence-corrected chi connectivity index (χ4v) is 1.78. The number of ether oxygens (including phenoxy) is 1. The van der Waals surface area contributed by atoms with Crippen molar-refractivity contribution >= 4 is 0 Å². The molecule has 0 saturated heterocycles. The van der Waals surface area contributed by atoms with Crippen LogP contribution in [0.4, 0.5) is 0 Å². The fraction of sp³-hybridized carbons (Fsp3) is 0.364. The highest BCUT2D eigenvalue weighted by Gasteiger charge is 2.17. The van der Waals surface area contributed by atoms with Gasteiger partial charge in [-0.2, -0.15) is 0 Å². The lowest BCUT2D eigenvalue weighted by Gasteiger charge is -2.20. The van der Waals surface area contributed by atoms with Gasteiger partial charge in [0.15, 0.2) is 11.5 Å². The maximum atomic E-state index is 9.58. The minimum atomic E-state index is 0.230. The molecule has 3 nitrogen and oxygen atoms in total. The minimum Gasteiger partial charge on any atom is -0.504 e. The van der Waals surface area contributed by atoms with Gasteiger partial charge in [0.05, 0.1) is 6.61 Å². The van der Waals surface area contributed by atoms with Gasteiger partial charge in [-0.05, 0) is 31.0 Å². The van der Waals surface area contributed by atoms with Crippen molar-refractivity contribution in [2.24, 2.45) is 5.73 Å². The second kappa shape index (κ2) is 3.88. The standard InChI is InChI=1S/C11H14NO2/c12-6-5-8-3-4-10(13)11-9(8)2-1-7-14-11/h1,3-4,13H,2,5-7,12H2. The molecule has 1 aromatic rings. The maximum absolute atomic E-state index is 9.58. The summed E-state index contributed by atoms with van der Waals surface area (Å²) in [5.41, 5.74) is 7.78. The molecule has 0 atom stereocenters. The summed E-state index contributed by atoms with van der Waals surface area (Å²) in [7, 11) is 0. The lowest BCUT2D eigenvalue weighted by molar-refractivity contribution is 0.306. The Hall–Kier alpha value is -1.22. The number of nitrogens with two attached hydrogens (primary N) is 1. The first-order chi connectivity index (χ1) is 6.83. The molecule has 1 aliphatic rings. The largest absolute Gasteiger partial charge is 0.504 e. The summed E-state index contributed by atoms with van der Waals surface area (Å²) in [6, 6.07) is 3.60. The molecule has 1 aromatic carbocycles. The van der Waals surface area contributed by atoms with E-state index in [1.165, 1.54) is 5.56 Å². The Morgan fingerprint density at radius 2 is 2.29 bits per heavy atom. The third-order valence-electron chi connectivity index (χ3n) is 2.44. The first-order valence-corrected chi connectivity index (χ1v) is 4.81. The average molecular weight is 192 g/mol. The van der Waals surface area contributed by atoms with Crippen molar-refractivity contribution in [1.82, 2.24) is 0 Å². The smallest absolute Gasteiger partial charge is 0.164 e. The number of phenols is 1. The molecule has 0 fully saturated rings. The molecule has 0 aromatic heterocycles. The number of hydrogen-bond acceptors (Lipinski definition) is 3. The minimum absolute atomic E-state index is 0.230. The number of benzene rings is 1. The van der Waals surface area contributed by atoms with Gasteiger partial charge >= 0.3 is 0 Å². The van der Waals surface area contributed by atoms with Crippen LogP contribution in [0, 0.1) is 6.42 Å². The Morgan fingerprint density at radius 3 is 3.07 bits per heavy atom. The zero-order valence-electron chi connectivity index (χ0n) is 7.99. The molecular weight excluding hydrogens is 178 g/mol. The predicted molar refractivity (Wildman–Crippen MR) is 54.4 cm³/mol. The van der Waals surface area contributed by atoms with Crippen LogP contribution in [-0.2, 0) is 12.8 Å². The van der Waals surface area contributed by atoms with Gasteiger partial charge in [-0.1, -0.05) is 6.07 Å². The quantitative estimate of drug-likeness (QED) is 0.736. The van der Waals surface area contributed by atoms with E-state index in [1.54, 1.807) is 6.07 Å². The predicted octanol–water partition coefficient (Wildman–Crippen LogP) is 1.03. The molecule has 2 rings (SSSR count). The SMILES string of the molecule is NCCc1ccc(O)c2c1C[CH]CO2. The van der Waals surface area contributed by atoms with E-state index in [1.807, 2.05) is 6.07 Å². The first-order valence-electron chi connectivity index (χ1n) is 4.81. The zero-order valence-corrected chi connectivity index (χ0v) is 7.99. The van der Waals surface area contributed by atoms with Crippen LogP contribution >= 0.6 is 0 Å². The van der Waals surface area contributed by atoms with Gasteiger partial charge in [-0.3, -0.25) is 0 Å². The Bertz CT molecular complexity index is 336. The lowest BCUT2D eigenvalue weighted by Crippen LogP contribution is -2.13. The van der Waals surface area contributed by atoms with E-state index >= 15 is 0 Å². The average Bonchev–Trinajstić information content (AvgIpc) is 2.23.